The minimum atomic E-state index is -0.792. The summed E-state index contributed by atoms with van der Waals surface area (Å²) < 4.78 is 7.57. The molecule has 1 aliphatic rings. The molecule has 0 amide bonds. The quantitative estimate of drug-likeness (QED) is 0.756. The molecule has 2 heterocycles. The highest BCUT2D eigenvalue weighted by Gasteiger charge is 2.34. The summed E-state index contributed by atoms with van der Waals surface area (Å²) in [5.41, 5.74) is 6.04. The average Bonchev–Trinajstić information content (AvgIpc) is 2.99. The molecular formula is C19H14N4O3. The Bertz CT molecular complexity index is 1240. The summed E-state index contributed by atoms with van der Waals surface area (Å²) in [6, 6.07) is 14.8. The smallest absolute Gasteiger partial charge is 0.279 e. The van der Waals surface area contributed by atoms with Crippen LogP contribution in [0, 0.1) is 11.3 Å². The third-order valence-electron chi connectivity index (χ3n) is 4.56. The molecule has 1 aromatic heterocycles. The van der Waals surface area contributed by atoms with Crippen LogP contribution in [0.4, 0.5) is 0 Å². The van der Waals surface area contributed by atoms with Gasteiger partial charge in [-0.3, -0.25) is 9.59 Å². The minimum Gasteiger partial charge on any atom is -0.497 e. The number of nitrogens with zero attached hydrogens (tertiary/aromatic N) is 3. The Balaban J connectivity index is 2.13. The van der Waals surface area contributed by atoms with E-state index in [0.29, 0.717) is 11.3 Å². The van der Waals surface area contributed by atoms with Gasteiger partial charge in [-0.1, -0.05) is 24.3 Å². The van der Waals surface area contributed by atoms with E-state index in [2.05, 4.69) is 6.07 Å². The second kappa shape index (κ2) is 5.63. The Morgan fingerprint density at radius 1 is 1.08 bits per heavy atom. The van der Waals surface area contributed by atoms with Crippen LogP contribution < -0.4 is 21.6 Å². The van der Waals surface area contributed by atoms with E-state index in [1.54, 1.807) is 48.5 Å². The Kier molecular flexibility index (Phi) is 3.41. The van der Waals surface area contributed by atoms with Crippen LogP contribution in [0.5, 0.6) is 5.75 Å². The molecule has 2 N–H and O–H groups in total. The highest BCUT2D eigenvalue weighted by atomic mass is 16.5. The maximum absolute atomic E-state index is 13.1. The van der Waals surface area contributed by atoms with Gasteiger partial charge in [-0.15, -0.1) is 0 Å². The van der Waals surface area contributed by atoms with Gasteiger partial charge in [0.2, 0.25) is 0 Å². The first-order valence-electron chi connectivity index (χ1n) is 7.89. The van der Waals surface area contributed by atoms with Crippen molar-refractivity contribution >= 4 is 16.6 Å². The summed E-state index contributed by atoms with van der Waals surface area (Å²) in [5, 5.41) is 10.2. The molecule has 1 atom stereocenters. The van der Waals surface area contributed by atoms with Crippen LogP contribution in [-0.4, -0.2) is 16.5 Å². The molecule has 4 rings (SSSR count). The fourth-order valence-corrected chi connectivity index (χ4v) is 3.35. The maximum atomic E-state index is 13.1. The van der Waals surface area contributed by atoms with Crippen molar-refractivity contribution in [3.8, 4) is 11.8 Å². The lowest BCUT2D eigenvalue weighted by atomic mass is 10.00. The van der Waals surface area contributed by atoms with E-state index in [1.807, 2.05) is 0 Å². The number of nitrogens with two attached hydrogens (primary N) is 1. The summed E-state index contributed by atoms with van der Waals surface area (Å²) in [6.45, 7) is 0. The van der Waals surface area contributed by atoms with Gasteiger partial charge in [0.05, 0.1) is 17.9 Å². The molecule has 3 aromatic rings. The van der Waals surface area contributed by atoms with Gasteiger partial charge in [-0.2, -0.15) is 9.94 Å². The third kappa shape index (κ3) is 1.99. The average molecular weight is 346 g/mol. The second-order valence-corrected chi connectivity index (χ2v) is 5.90. The highest BCUT2D eigenvalue weighted by Crippen LogP contribution is 2.33. The maximum Gasteiger partial charge on any atom is 0.279 e. The molecule has 1 unspecified atom stereocenters. The first kappa shape index (κ1) is 15.7. The minimum absolute atomic E-state index is 0.0341. The van der Waals surface area contributed by atoms with Gasteiger partial charge in [0.15, 0.2) is 0 Å². The van der Waals surface area contributed by atoms with Gasteiger partial charge >= 0.3 is 0 Å². The molecule has 0 saturated carbocycles. The Morgan fingerprint density at radius 3 is 2.42 bits per heavy atom. The van der Waals surface area contributed by atoms with E-state index in [1.165, 1.54) is 11.8 Å². The van der Waals surface area contributed by atoms with E-state index < -0.39 is 11.6 Å². The van der Waals surface area contributed by atoms with E-state index in [9.17, 15) is 14.9 Å². The molecule has 0 saturated heterocycles. The van der Waals surface area contributed by atoms with Crippen molar-refractivity contribution in [2.75, 3.05) is 7.11 Å². The fourth-order valence-electron chi connectivity index (χ4n) is 3.35. The number of ether oxygens (including phenoxy) is 1. The Hall–Kier alpha value is -3.79. The van der Waals surface area contributed by atoms with Crippen molar-refractivity contribution < 1.29 is 4.74 Å². The van der Waals surface area contributed by atoms with Crippen LogP contribution >= 0.6 is 0 Å². The summed E-state index contributed by atoms with van der Waals surface area (Å²) in [5.74, 6) is 0.543. The second-order valence-electron chi connectivity index (χ2n) is 5.90. The number of allylic oxidation sites excluding steroid dienone is 1. The van der Waals surface area contributed by atoms with Crippen LogP contribution in [-0.2, 0) is 0 Å². The zero-order valence-electron chi connectivity index (χ0n) is 13.8. The predicted octanol–water partition coefficient (Wildman–Crippen LogP) is 1.43. The number of hydrogen-bond donors (Lipinski definition) is 1. The number of rotatable bonds is 2. The summed E-state index contributed by atoms with van der Waals surface area (Å²) >= 11 is 0. The van der Waals surface area contributed by atoms with Gasteiger partial charge in [-0.05, 0) is 29.8 Å². The van der Waals surface area contributed by atoms with Crippen LogP contribution in [0.15, 0.2) is 63.7 Å². The van der Waals surface area contributed by atoms with E-state index >= 15 is 0 Å². The third-order valence-corrected chi connectivity index (χ3v) is 4.56. The van der Waals surface area contributed by atoms with Crippen LogP contribution in [0.25, 0.3) is 16.6 Å². The molecule has 0 bridgehead atoms. The predicted molar refractivity (Wildman–Crippen MR) is 96.6 cm³/mol. The van der Waals surface area contributed by atoms with Crippen molar-refractivity contribution in [2.45, 2.75) is 6.04 Å². The van der Waals surface area contributed by atoms with Gasteiger partial charge in [0.25, 0.3) is 11.1 Å². The number of aromatic nitrogens is 2. The molecule has 0 aliphatic carbocycles. The molecule has 26 heavy (non-hydrogen) atoms. The van der Waals surface area contributed by atoms with Crippen molar-refractivity contribution in [3.05, 3.63) is 80.4 Å². The summed E-state index contributed by atoms with van der Waals surface area (Å²) in [4.78, 5) is 26.0. The first-order valence-corrected chi connectivity index (χ1v) is 7.89. The van der Waals surface area contributed by atoms with E-state index in [4.69, 9.17) is 10.5 Å². The number of methoxy groups -OCH3 is 1. The molecule has 0 fully saturated rings. The molecule has 0 spiro atoms. The van der Waals surface area contributed by atoms with E-state index in [0.717, 1.165) is 4.68 Å². The van der Waals surface area contributed by atoms with Gasteiger partial charge < -0.3 is 10.5 Å². The molecular weight excluding hydrogens is 332 g/mol. The molecule has 0 radical (unpaired) electrons. The van der Waals surface area contributed by atoms with Crippen molar-refractivity contribution in [1.82, 2.24) is 9.36 Å². The topological polar surface area (TPSA) is 103 Å². The normalized spacial score (nSPS) is 15.8. The van der Waals surface area contributed by atoms with Crippen molar-refractivity contribution in [1.29, 1.82) is 5.26 Å². The van der Waals surface area contributed by atoms with Crippen molar-refractivity contribution in [2.24, 2.45) is 5.73 Å². The number of nitriles is 1. The first-order chi connectivity index (χ1) is 12.6. The zero-order valence-corrected chi connectivity index (χ0v) is 13.8. The Labute approximate surface area is 147 Å². The van der Waals surface area contributed by atoms with Gasteiger partial charge in [0.1, 0.15) is 29.3 Å². The zero-order chi connectivity index (χ0) is 18.4. The summed E-state index contributed by atoms with van der Waals surface area (Å²) in [7, 11) is 1.53. The standard InChI is InChI=1S/C19H14N4O3/c1-26-12-6-4-5-11(9-12)16-15(10-20)17(21)23-19(25)14-8-3-2-7-13(14)18(24)22(16)23/h2-9,16H,21H2,1H3. The monoisotopic (exact) mass is 346 g/mol. The molecule has 128 valence electrons. The number of fused-ring (bicyclic) bond motifs is 2. The lowest BCUT2D eigenvalue weighted by molar-refractivity contribution is 0.413. The van der Waals surface area contributed by atoms with Crippen molar-refractivity contribution in [3.63, 3.8) is 0 Å². The van der Waals surface area contributed by atoms with E-state index in [-0.39, 0.29) is 27.7 Å². The number of benzene rings is 2. The van der Waals surface area contributed by atoms with Crippen LogP contribution in [0.1, 0.15) is 11.6 Å². The van der Waals surface area contributed by atoms with Gasteiger partial charge in [-0.25, -0.2) is 4.68 Å². The van der Waals surface area contributed by atoms with Crippen LogP contribution in [0.2, 0.25) is 0 Å². The van der Waals surface area contributed by atoms with Gasteiger partial charge in [0, 0.05) is 0 Å². The lowest BCUT2D eigenvalue weighted by Gasteiger charge is -2.17. The number of hydrogen-bond acceptors (Lipinski definition) is 5. The Morgan fingerprint density at radius 2 is 1.77 bits per heavy atom. The largest absolute Gasteiger partial charge is 0.497 e. The summed E-state index contributed by atoms with van der Waals surface area (Å²) in [6.07, 6.45) is 0. The molecule has 2 aromatic carbocycles. The highest BCUT2D eigenvalue weighted by molar-refractivity contribution is 5.81. The SMILES string of the molecule is COc1cccc(C2C(C#N)=C(N)n3c(=O)c4ccccc4c(=O)n32)c1. The lowest BCUT2D eigenvalue weighted by Crippen LogP contribution is -2.38. The fraction of sp³-hybridized carbons (Fsp3) is 0.105. The molecule has 7 nitrogen and oxygen atoms in total. The molecule has 7 heteroatoms. The molecule has 1 aliphatic heterocycles. The van der Waals surface area contributed by atoms with Crippen LogP contribution in [0.3, 0.4) is 0 Å².